The summed E-state index contributed by atoms with van der Waals surface area (Å²) >= 11 is 0. The molecule has 1 heterocycles. The third kappa shape index (κ3) is 3.19. The average molecular weight is 228 g/mol. The summed E-state index contributed by atoms with van der Waals surface area (Å²) in [5.41, 5.74) is 6.13. The molecule has 0 aromatic heterocycles. The van der Waals surface area contributed by atoms with Crippen molar-refractivity contribution < 1.29 is 4.74 Å². The van der Waals surface area contributed by atoms with Crippen LogP contribution in [-0.2, 0) is 4.74 Å². The highest BCUT2D eigenvalue weighted by atomic mass is 16.5. The molecule has 1 saturated heterocycles. The Hall–Kier alpha value is -0.120. The maximum Gasteiger partial charge on any atom is 0.0588 e. The zero-order valence-electron chi connectivity index (χ0n) is 11.2. The normalized spacial score (nSPS) is 21.9. The lowest BCUT2D eigenvalue weighted by molar-refractivity contribution is 0.0656. The fourth-order valence-corrected chi connectivity index (χ4v) is 2.68. The fraction of sp³-hybridized carbons (Fsp3) is 1.00. The third-order valence-electron chi connectivity index (χ3n) is 4.32. The summed E-state index contributed by atoms with van der Waals surface area (Å²) in [4.78, 5) is 2.44. The van der Waals surface area contributed by atoms with Gasteiger partial charge >= 0.3 is 0 Å². The van der Waals surface area contributed by atoms with Gasteiger partial charge in [0.15, 0.2) is 0 Å². The standard InChI is InChI=1S/C13H28N2O/c1-4-13(5-2,11-14)15(3)9-8-12-7-6-10-16-12/h12H,4-11,14H2,1-3H3. The maximum atomic E-state index is 5.94. The van der Waals surface area contributed by atoms with Crippen LogP contribution in [0.5, 0.6) is 0 Å². The monoisotopic (exact) mass is 228 g/mol. The lowest BCUT2D eigenvalue weighted by Gasteiger charge is -2.40. The van der Waals surface area contributed by atoms with Gasteiger partial charge in [0, 0.05) is 25.2 Å². The van der Waals surface area contributed by atoms with E-state index in [0.717, 1.165) is 39.0 Å². The predicted octanol–water partition coefficient (Wildman–Crippen LogP) is 2.00. The fourth-order valence-electron chi connectivity index (χ4n) is 2.68. The summed E-state index contributed by atoms with van der Waals surface area (Å²) in [6.45, 7) is 7.28. The Bertz CT molecular complexity index is 178. The van der Waals surface area contributed by atoms with Crippen LogP contribution in [0.3, 0.4) is 0 Å². The second-order valence-corrected chi connectivity index (χ2v) is 4.98. The molecule has 16 heavy (non-hydrogen) atoms. The first kappa shape index (κ1) is 13.9. The largest absolute Gasteiger partial charge is 0.378 e. The molecule has 0 radical (unpaired) electrons. The average Bonchev–Trinajstić information content (AvgIpc) is 2.82. The van der Waals surface area contributed by atoms with E-state index < -0.39 is 0 Å². The number of likely N-dealkylation sites (N-methyl/N-ethyl adjacent to an activating group) is 1. The van der Waals surface area contributed by atoms with Crippen LogP contribution in [0, 0.1) is 0 Å². The molecule has 0 aromatic carbocycles. The van der Waals surface area contributed by atoms with Crippen LogP contribution in [0.25, 0.3) is 0 Å². The zero-order chi connectivity index (χ0) is 12.0. The highest BCUT2D eigenvalue weighted by Gasteiger charge is 2.29. The SMILES string of the molecule is CCC(CC)(CN)N(C)CCC1CCCO1. The van der Waals surface area contributed by atoms with Crippen molar-refractivity contribution in [2.24, 2.45) is 5.73 Å². The van der Waals surface area contributed by atoms with Gasteiger partial charge in [0.05, 0.1) is 6.10 Å². The minimum absolute atomic E-state index is 0.193. The van der Waals surface area contributed by atoms with Crippen LogP contribution >= 0.6 is 0 Å². The van der Waals surface area contributed by atoms with Gasteiger partial charge in [-0.25, -0.2) is 0 Å². The molecule has 1 aliphatic rings. The molecular formula is C13H28N2O. The van der Waals surface area contributed by atoms with Gasteiger partial charge in [-0.15, -0.1) is 0 Å². The molecule has 0 aliphatic carbocycles. The predicted molar refractivity (Wildman–Crippen MR) is 68.6 cm³/mol. The van der Waals surface area contributed by atoms with Crippen LogP contribution in [0.4, 0.5) is 0 Å². The first-order valence-corrected chi connectivity index (χ1v) is 6.71. The number of hydrogen-bond acceptors (Lipinski definition) is 3. The molecule has 0 spiro atoms. The molecule has 0 aromatic rings. The van der Waals surface area contributed by atoms with Crippen molar-refractivity contribution in [2.75, 3.05) is 26.7 Å². The molecule has 2 N–H and O–H groups in total. The van der Waals surface area contributed by atoms with Gasteiger partial charge in [-0.05, 0) is 39.2 Å². The molecule has 1 unspecified atom stereocenters. The van der Waals surface area contributed by atoms with Crippen LogP contribution in [-0.4, -0.2) is 43.3 Å². The third-order valence-corrected chi connectivity index (χ3v) is 4.32. The van der Waals surface area contributed by atoms with Crippen LogP contribution in [0.15, 0.2) is 0 Å². The van der Waals surface area contributed by atoms with Crippen molar-refractivity contribution in [3.05, 3.63) is 0 Å². The second kappa shape index (κ2) is 6.58. The quantitative estimate of drug-likeness (QED) is 0.724. The summed E-state index contributed by atoms with van der Waals surface area (Å²) in [5, 5.41) is 0. The van der Waals surface area contributed by atoms with Gasteiger partial charge < -0.3 is 10.5 Å². The van der Waals surface area contributed by atoms with E-state index in [2.05, 4.69) is 25.8 Å². The molecular weight excluding hydrogens is 200 g/mol. The highest BCUT2D eigenvalue weighted by molar-refractivity contribution is 4.88. The lowest BCUT2D eigenvalue weighted by atomic mass is 9.91. The summed E-state index contributed by atoms with van der Waals surface area (Å²) < 4.78 is 5.66. The molecule has 3 nitrogen and oxygen atoms in total. The molecule has 0 saturated carbocycles. The topological polar surface area (TPSA) is 38.5 Å². The van der Waals surface area contributed by atoms with E-state index in [4.69, 9.17) is 10.5 Å². The molecule has 0 amide bonds. The van der Waals surface area contributed by atoms with Gasteiger partial charge in [0.2, 0.25) is 0 Å². The first-order valence-electron chi connectivity index (χ1n) is 6.71. The Morgan fingerprint density at radius 2 is 2.06 bits per heavy atom. The van der Waals surface area contributed by atoms with Gasteiger partial charge in [-0.2, -0.15) is 0 Å². The molecule has 0 bridgehead atoms. The molecule has 3 heteroatoms. The van der Waals surface area contributed by atoms with E-state index in [1.54, 1.807) is 0 Å². The van der Waals surface area contributed by atoms with Crippen molar-refractivity contribution in [1.82, 2.24) is 4.90 Å². The first-order chi connectivity index (χ1) is 7.68. The van der Waals surface area contributed by atoms with Gasteiger partial charge in [0.1, 0.15) is 0 Å². The number of nitrogens with two attached hydrogens (primary N) is 1. The van der Waals surface area contributed by atoms with Crippen LogP contribution in [0.2, 0.25) is 0 Å². The minimum atomic E-state index is 0.193. The van der Waals surface area contributed by atoms with E-state index in [9.17, 15) is 0 Å². The van der Waals surface area contributed by atoms with E-state index in [0.29, 0.717) is 6.10 Å². The Labute approximate surface area is 100 Å². The molecule has 1 atom stereocenters. The summed E-state index contributed by atoms with van der Waals surface area (Å²) in [6.07, 6.45) is 6.37. The van der Waals surface area contributed by atoms with E-state index in [-0.39, 0.29) is 5.54 Å². The van der Waals surface area contributed by atoms with Gasteiger partial charge in [-0.3, -0.25) is 4.90 Å². The Kier molecular flexibility index (Phi) is 5.73. The zero-order valence-corrected chi connectivity index (χ0v) is 11.2. The summed E-state index contributed by atoms with van der Waals surface area (Å²) in [7, 11) is 2.20. The van der Waals surface area contributed by atoms with E-state index in [1.807, 2.05) is 0 Å². The molecule has 1 rings (SSSR count). The number of hydrogen-bond donors (Lipinski definition) is 1. The van der Waals surface area contributed by atoms with Crippen LogP contribution in [0.1, 0.15) is 46.0 Å². The molecule has 1 aliphatic heterocycles. The molecule has 1 fully saturated rings. The Morgan fingerprint density at radius 1 is 1.38 bits per heavy atom. The van der Waals surface area contributed by atoms with Crippen LogP contribution < -0.4 is 5.73 Å². The van der Waals surface area contributed by atoms with Crippen molar-refractivity contribution in [2.45, 2.75) is 57.6 Å². The maximum absolute atomic E-state index is 5.94. The van der Waals surface area contributed by atoms with E-state index >= 15 is 0 Å². The summed E-state index contributed by atoms with van der Waals surface area (Å²) in [6, 6.07) is 0. The number of ether oxygens (including phenoxy) is 1. The number of rotatable bonds is 7. The lowest BCUT2D eigenvalue weighted by Crippen LogP contribution is -2.51. The van der Waals surface area contributed by atoms with Crippen molar-refractivity contribution in [3.8, 4) is 0 Å². The second-order valence-electron chi connectivity index (χ2n) is 4.98. The summed E-state index contributed by atoms with van der Waals surface area (Å²) in [5.74, 6) is 0. The van der Waals surface area contributed by atoms with Gasteiger partial charge in [0.25, 0.3) is 0 Å². The Morgan fingerprint density at radius 3 is 2.50 bits per heavy atom. The van der Waals surface area contributed by atoms with Gasteiger partial charge in [-0.1, -0.05) is 13.8 Å². The van der Waals surface area contributed by atoms with Crippen molar-refractivity contribution in [1.29, 1.82) is 0 Å². The number of nitrogens with zero attached hydrogens (tertiary/aromatic N) is 1. The Balaban J connectivity index is 2.38. The highest BCUT2D eigenvalue weighted by Crippen LogP contribution is 2.23. The smallest absolute Gasteiger partial charge is 0.0588 e. The molecule has 96 valence electrons. The van der Waals surface area contributed by atoms with Crippen molar-refractivity contribution in [3.63, 3.8) is 0 Å². The van der Waals surface area contributed by atoms with E-state index in [1.165, 1.54) is 12.8 Å². The minimum Gasteiger partial charge on any atom is -0.378 e. The van der Waals surface area contributed by atoms with Crippen molar-refractivity contribution >= 4 is 0 Å².